The molecule has 1 N–H and O–H groups in total. The van der Waals surface area contributed by atoms with E-state index in [0.717, 1.165) is 22.5 Å². The number of hydrogen-bond donors (Lipinski definition) is 1. The van der Waals surface area contributed by atoms with E-state index in [1.54, 1.807) is 0 Å². The molecule has 3 aromatic rings. The van der Waals surface area contributed by atoms with Gasteiger partial charge in [0.15, 0.2) is 0 Å². The molecule has 0 fully saturated rings. The maximum atomic E-state index is 13.9. The Morgan fingerprint density at radius 1 is 1.09 bits per heavy atom. The summed E-state index contributed by atoms with van der Waals surface area (Å²) < 4.78 is 26.9. The van der Waals surface area contributed by atoms with E-state index in [-0.39, 0.29) is 6.04 Å². The van der Waals surface area contributed by atoms with Crippen LogP contribution in [0.25, 0.3) is 10.9 Å². The molecule has 0 aliphatic heterocycles. The number of nitrogens with one attached hydrogen (secondary N) is 1. The molecule has 0 saturated carbocycles. The minimum atomic E-state index is -0.586. The summed E-state index contributed by atoms with van der Waals surface area (Å²) >= 11 is 0. The van der Waals surface area contributed by atoms with Crippen LogP contribution in [0.3, 0.4) is 0 Å². The van der Waals surface area contributed by atoms with Crippen molar-refractivity contribution < 1.29 is 8.78 Å². The standard InChI is InChI=1S/C17H15F2N3/c1-10-4-3-5-15-16(10)17(21-9-20-15)22-11(2)13-7-6-12(18)8-14(13)19/h3-9,11H,1-2H3,(H,20,21,22). The molecule has 1 aromatic heterocycles. The van der Waals surface area contributed by atoms with Crippen molar-refractivity contribution in [3.63, 3.8) is 0 Å². The van der Waals surface area contributed by atoms with Crippen LogP contribution in [-0.2, 0) is 0 Å². The van der Waals surface area contributed by atoms with Crippen molar-refractivity contribution in [3.8, 4) is 0 Å². The van der Waals surface area contributed by atoms with Crippen molar-refractivity contribution in [2.45, 2.75) is 19.9 Å². The first-order valence-electron chi connectivity index (χ1n) is 6.98. The number of aromatic nitrogens is 2. The van der Waals surface area contributed by atoms with Gasteiger partial charge in [-0.3, -0.25) is 0 Å². The molecule has 0 aliphatic carbocycles. The summed E-state index contributed by atoms with van der Waals surface area (Å²) in [5.74, 6) is -0.522. The third kappa shape index (κ3) is 2.62. The Balaban J connectivity index is 1.99. The minimum absolute atomic E-state index is 0.349. The Labute approximate surface area is 127 Å². The predicted octanol–water partition coefficient (Wildman–Crippen LogP) is 4.39. The Kier molecular flexibility index (Phi) is 3.71. The molecule has 1 unspecified atom stereocenters. The summed E-state index contributed by atoms with van der Waals surface area (Å²) in [4.78, 5) is 8.50. The second-order valence-corrected chi connectivity index (χ2v) is 5.22. The fourth-order valence-electron chi connectivity index (χ4n) is 2.53. The first kappa shape index (κ1) is 14.4. The SMILES string of the molecule is Cc1cccc2ncnc(NC(C)c3ccc(F)cc3F)c12. The van der Waals surface area contributed by atoms with Crippen LogP contribution < -0.4 is 5.32 Å². The van der Waals surface area contributed by atoms with Crippen molar-refractivity contribution in [2.75, 3.05) is 5.32 Å². The third-order valence-electron chi connectivity index (χ3n) is 3.65. The summed E-state index contributed by atoms with van der Waals surface area (Å²) in [6.45, 7) is 3.78. The number of fused-ring (bicyclic) bond motifs is 1. The Morgan fingerprint density at radius 2 is 1.91 bits per heavy atom. The first-order chi connectivity index (χ1) is 10.6. The molecule has 0 bridgehead atoms. The lowest BCUT2D eigenvalue weighted by Crippen LogP contribution is -2.11. The van der Waals surface area contributed by atoms with E-state index in [1.165, 1.54) is 18.5 Å². The monoisotopic (exact) mass is 299 g/mol. The van der Waals surface area contributed by atoms with Crippen molar-refractivity contribution in [1.29, 1.82) is 0 Å². The zero-order valence-electron chi connectivity index (χ0n) is 12.3. The highest BCUT2D eigenvalue weighted by Crippen LogP contribution is 2.27. The van der Waals surface area contributed by atoms with Crippen molar-refractivity contribution >= 4 is 16.7 Å². The van der Waals surface area contributed by atoms with E-state index in [9.17, 15) is 8.78 Å². The second kappa shape index (κ2) is 5.67. The summed E-state index contributed by atoms with van der Waals surface area (Å²) in [6.07, 6.45) is 1.47. The number of rotatable bonds is 3. The van der Waals surface area contributed by atoms with Crippen LogP contribution in [-0.4, -0.2) is 9.97 Å². The number of benzene rings is 2. The Hall–Kier alpha value is -2.56. The van der Waals surface area contributed by atoms with Crippen molar-refractivity contribution in [2.24, 2.45) is 0 Å². The van der Waals surface area contributed by atoms with E-state index in [4.69, 9.17) is 0 Å². The molecular weight excluding hydrogens is 284 g/mol. The summed E-state index contributed by atoms with van der Waals surface area (Å²) in [6, 6.07) is 9.03. The molecule has 0 aliphatic rings. The predicted molar refractivity (Wildman–Crippen MR) is 82.7 cm³/mol. The zero-order valence-corrected chi connectivity index (χ0v) is 12.3. The van der Waals surface area contributed by atoms with Gasteiger partial charge in [0.1, 0.15) is 23.8 Å². The average molecular weight is 299 g/mol. The van der Waals surface area contributed by atoms with Crippen LogP contribution in [0.5, 0.6) is 0 Å². The molecule has 0 amide bonds. The quantitative estimate of drug-likeness (QED) is 0.779. The zero-order chi connectivity index (χ0) is 15.7. The Bertz CT molecular complexity index is 828. The minimum Gasteiger partial charge on any atom is -0.363 e. The maximum Gasteiger partial charge on any atom is 0.138 e. The van der Waals surface area contributed by atoms with Crippen LogP contribution in [0.2, 0.25) is 0 Å². The van der Waals surface area contributed by atoms with E-state index < -0.39 is 11.6 Å². The molecule has 1 atom stereocenters. The molecule has 0 spiro atoms. The molecule has 2 aromatic carbocycles. The van der Waals surface area contributed by atoms with Gasteiger partial charge in [-0.25, -0.2) is 18.7 Å². The van der Waals surface area contributed by atoms with Gasteiger partial charge in [0.05, 0.1) is 11.6 Å². The molecule has 5 heteroatoms. The molecule has 3 rings (SSSR count). The first-order valence-corrected chi connectivity index (χ1v) is 6.98. The van der Waals surface area contributed by atoms with Crippen LogP contribution in [0.4, 0.5) is 14.6 Å². The normalized spacial score (nSPS) is 12.4. The fraction of sp³-hybridized carbons (Fsp3) is 0.176. The Morgan fingerprint density at radius 3 is 2.68 bits per heavy atom. The van der Waals surface area contributed by atoms with Crippen LogP contribution in [0.15, 0.2) is 42.7 Å². The molecule has 22 heavy (non-hydrogen) atoms. The van der Waals surface area contributed by atoms with Gasteiger partial charge in [0, 0.05) is 17.0 Å². The number of hydrogen-bond acceptors (Lipinski definition) is 3. The van der Waals surface area contributed by atoms with Gasteiger partial charge in [0.2, 0.25) is 0 Å². The molecule has 0 radical (unpaired) electrons. The lowest BCUT2D eigenvalue weighted by Gasteiger charge is -2.17. The summed E-state index contributed by atoms with van der Waals surface area (Å²) in [5, 5.41) is 4.09. The fourth-order valence-corrected chi connectivity index (χ4v) is 2.53. The van der Waals surface area contributed by atoms with Crippen molar-refractivity contribution in [3.05, 3.63) is 65.5 Å². The number of aryl methyl sites for hydroxylation is 1. The molecule has 3 nitrogen and oxygen atoms in total. The highest BCUT2D eigenvalue weighted by atomic mass is 19.1. The lowest BCUT2D eigenvalue weighted by atomic mass is 10.1. The second-order valence-electron chi connectivity index (χ2n) is 5.22. The van der Waals surface area contributed by atoms with Gasteiger partial charge in [-0.15, -0.1) is 0 Å². The maximum absolute atomic E-state index is 13.9. The summed E-state index contributed by atoms with van der Waals surface area (Å²) in [5.41, 5.74) is 2.25. The average Bonchev–Trinajstić information content (AvgIpc) is 2.47. The van der Waals surface area contributed by atoms with E-state index >= 15 is 0 Å². The topological polar surface area (TPSA) is 37.8 Å². The largest absolute Gasteiger partial charge is 0.363 e. The van der Waals surface area contributed by atoms with Crippen LogP contribution in [0, 0.1) is 18.6 Å². The molecule has 0 saturated heterocycles. The molecular formula is C17H15F2N3. The number of anilines is 1. The van der Waals surface area contributed by atoms with Gasteiger partial charge in [0.25, 0.3) is 0 Å². The third-order valence-corrected chi connectivity index (χ3v) is 3.65. The number of nitrogens with zero attached hydrogens (tertiary/aromatic N) is 2. The van der Waals surface area contributed by atoms with Gasteiger partial charge in [-0.05, 0) is 31.5 Å². The van der Waals surface area contributed by atoms with Gasteiger partial charge < -0.3 is 5.32 Å². The van der Waals surface area contributed by atoms with E-state index in [0.29, 0.717) is 11.4 Å². The summed E-state index contributed by atoms with van der Waals surface area (Å²) in [7, 11) is 0. The highest BCUT2D eigenvalue weighted by molar-refractivity contribution is 5.91. The van der Waals surface area contributed by atoms with Gasteiger partial charge in [-0.2, -0.15) is 0 Å². The van der Waals surface area contributed by atoms with Crippen LogP contribution in [0.1, 0.15) is 24.1 Å². The van der Waals surface area contributed by atoms with E-state index in [1.807, 2.05) is 32.0 Å². The van der Waals surface area contributed by atoms with Gasteiger partial charge in [-0.1, -0.05) is 18.2 Å². The smallest absolute Gasteiger partial charge is 0.138 e. The van der Waals surface area contributed by atoms with Gasteiger partial charge >= 0.3 is 0 Å². The highest BCUT2D eigenvalue weighted by Gasteiger charge is 2.14. The molecule has 1 heterocycles. The van der Waals surface area contributed by atoms with Crippen molar-refractivity contribution in [1.82, 2.24) is 9.97 Å². The van der Waals surface area contributed by atoms with E-state index in [2.05, 4.69) is 15.3 Å². The number of halogens is 2. The molecule has 112 valence electrons. The lowest BCUT2D eigenvalue weighted by molar-refractivity contribution is 0.566. The van der Waals surface area contributed by atoms with Crippen LogP contribution >= 0.6 is 0 Å².